The topological polar surface area (TPSA) is 32.7 Å². The summed E-state index contributed by atoms with van der Waals surface area (Å²) in [6.07, 6.45) is 3.78. The summed E-state index contributed by atoms with van der Waals surface area (Å²) in [6.45, 7) is 4.16. The van der Waals surface area contributed by atoms with Crippen LogP contribution < -0.4 is 0 Å². The Morgan fingerprint density at radius 3 is 2.64 bits per heavy atom. The van der Waals surface area contributed by atoms with E-state index in [4.69, 9.17) is 4.74 Å². The first-order valence-corrected chi connectivity index (χ1v) is 5.65. The average Bonchev–Trinajstić information content (AvgIpc) is 2.09. The minimum Gasteiger partial charge on any atom is -0.392 e. The van der Waals surface area contributed by atoms with E-state index in [1.54, 1.807) is 7.11 Å². The van der Waals surface area contributed by atoms with Gasteiger partial charge in [0.15, 0.2) is 0 Å². The van der Waals surface area contributed by atoms with Crippen LogP contribution in [0, 0.1) is 5.92 Å². The second-order valence-electron chi connectivity index (χ2n) is 4.81. The molecule has 2 aliphatic rings. The van der Waals surface area contributed by atoms with Crippen LogP contribution in [0.4, 0.5) is 0 Å². The lowest BCUT2D eigenvalue weighted by atomic mass is 9.85. The van der Waals surface area contributed by atoms with Gasteiger partial charge in [0.2, 0.25) is 0 Å². The minimum atomic E-state index is -0.120. The molecular formula is C11H21NO2. The predicted octanol–water partition coefficient (Wildman–Crippen LogP) is 0.866. The fraction of sp³-hybridized carbons (Fsp3) is 1.00. The van der Waals surface area contributed by atoms with Crippen LogP contribution in [0.15, 0.2) is 0 Å². The van der Waals surface area contributed by atoms with Crippen LogP contribution in [-0.4, -0.2) is 48.5 Å². The number of hydrogen-bond acceptors (Lipinski definition) is 3. The van der Waals surface area contributed by atoms with Crippen LogP contribution in [0.1, 0.15) is 26.2 Å². The molecule has 2 atom stereocenters. The van der Waals surface area contributed by atoms with E-state index >= 15 is 0 Å². The molecule has 1 aliphatic carbocycles. The lowest BCUT2D eigenvalue weighted by Gasteiger charge is -2.46. The molecule has 1 aliphatic heterocycles. The van der Waals surface area contributed by atoms with Crippen molar-refractivity contribution in [3.8, 4) is 0 Å². The van der Waals surface area contributed by atoms with Crippen molar-refractivity contribution in [2.24, 2.45) is 5.92 Å². The maximum absolute atomic E-state index is 9.77. The van der Waals surface area contributed by atoms with Crippen LogP contribution in [0.2, 0.25) is 0 Å². The molecule has 0 unspecified atom stereocenters. The molecule has 82 valence electrons. The Morgan fingerprint density at radius 1 is 1.36 bits per heavy atom. The molecule has 14 heavy (non-hydrogen) atoms. The third-order valence-electron chi connectivity index (χ3n) is 3.87. The first kappa shape index (κ1) is 10.4. The van der Waals surface area contributed by atoms with E-state index in [1.807, 2.05) is 0 Å². The first-order valence-electron chi connectivity index (χ1n) is 5.65. The van der Waals surface area contributed by atoms with Gasteiger partial charge in [0.05, 0.1) is 12.2 Å². The fourth-order valence-electron chi connectivity index (χ4n) is 2.43. The second kappa shape index (κ2) is 4.17. The van der Waals surface area contributed by atoms with Crippen LogP contribution >= 0.6 is 0 Å². The van der Waals surface area contributed by atoms with Gasteiger partial charge in [0.1, 0.15) is 0 Å². The summed E-state index contributed by atoms with van der Waals surface area (Å²) < 4.78 is 5.27. The standard InChI is InChI=1S/C11H21NO2/c1-8-3-4-12(7-11(8)13)9-5-10(6-9)14-2/h8-11,13H,3-7H2,1-2H3/t8-,9-,10-,11+/m0/s1. The molecule has 2 rings (SSSR count). The molecule has 3 nitrogen and oxygen atoms in total. The highest BCUT2D eigenvalue weighted by molar-refractivity contribution is 4.91. The number of piperidine rings is 1. The summed E-state index contributed by atoms with van der Waals surface area (Å²) in [4.78, 5) is 2.43. The summed E-state index contributed by atoms with van der Waals surface area (Å²) >= 11 is 0. The molecular weight excluding hydrogens is 178 g/mol. The van der Waals surface area contributed by atoms with Crippen molar-refractivity contribution in [1.82, 2.24) is 4.90 Å². The van der Waals surface area contributed by atoms with Gasteiger partial charge in [0, 0.05) is 19.7 Å². The Morgan fingerprint density at radius 2 is 2.07 bits per heavy atom. The molecule has 1 saturated carbocycles. The summed E-state index contributed by atoms with van der Waals surface area (Å²) in [7, 11) is 1.79. The van der Waals surface area contributed by atoms with Gasteiger partial charge < -0.3 is 9.84 Å². The molecule has 0 aromatic carbocycles. The van der Waals surface area contributed by atoms with Crippen LogP contribution in [0.5, 0.6) is 0 Å². The zero-order valence-corrected chi connectivity index (χ0v) is 9.15. The number of methoxy groups -OCH3 is 1. The minimum absolute atomic E-state index is 0.120. The number of aliphatic hydroxyl groups excluding tert-OH is 1. The Labute approximate surface area is 86.0 Å². The molecule has 1 heterocycles. The smallest absolute Gasteiger partial charge is 0.0693 e. The normalized spacial score (nSPS) is 44.8. The van der Waals surface area contributed by atoms with E-state index in [2.05, 4.69) is 11.8 Å². The molecule has 1 N–H and O–H groups in total. The Bertz CT molecular complexity index is 192. The van der Waals surface area contributed by atoms with Gasteiger partial charge in [-0.2, -0.15) is 0 Å². The van der Waals surface area contributed by atoms with Crippen LogP contribution in [-0.2, 0) is 4.74 Å². The van der Waals surface area contributed by atoms with E-state index < -0.39 is 0 Å². The van der Waals surface area contributed by atoms with Gasteiger partial charge in [-0.25, -0.2) is 0 Å². The molecule has 0 amide bonds. The highest BCUT2D eigenvalue weighted by atomic mass is 16.5. The van der Waals surface area contributed by atoms with E-state index in [0.29, 0.717) is 18.1 Å². The number of aliphatic hydroxyl groups is 1. The quantitative estimate of drug-likeness (QED) is 0.716. The lowest BCUT2D eigenvalue weighted by molar-refractivity contribution is -0.0615. The molecule has 1 saturated heterocycles. The maximum atomic E-state index is 9.77. The molecule has 0 radical (unpaired) electrons. The summed E-state index contributed by atoms with van der Waals surface area (Å²) in [5.74, 6) is 0.476. The lowest BCUT2D eigenvalue weighted by Crippen LogP contribution is -2.54. The molecule has 0 aromatic rings. The number of hydrogen-bond donors (Lipinski definition) is 1. The third-order valence-corrected chi connectivity index (χ3v) is 3.87. The molecule has 3 heteroatoms. The summed E-state index contributed by atoms with van der Waals surface area (Å²) in [5.41, 5.74) is 0. The van der Waals surface area contributed by atoms with Gasteiger partial charge in [-0.1, -0.05) is 6.92 Å². The van der Waals surface area contributed by atoms with Gasteiger partial charge in [0.25, 0.3) is 0 Å². The fourth-order valence-corrected chi connectivity index (χ4v) is 2.43. The largest absolute Gasteiger partial charge is 0.392 e. The zero-order valence-electron chi connectivity index (χ0n) is 9.15. The first-order chi connectivity index (χ1) is 6.70. The van der Waals surface area contributed by atoms with E-state index in [0.717, 1.165) is 32.4 Å². The Balaban J connectivity index is 1.78. The average molecular weight is 199 g/mol. The van der Waals surface area contributed by atoms with Crippen LogP contribution in [0.3, 0.4) is 0 Å². The van der Waals surface area contributed by atoms with Crippen molar-refractivity contribution in [2.45, 2.75) is 44.4 Å². The maximum Gasteiger partial charge on any atom is 0.0693 e. The van der Waals surface area contributed by atoms with E-state index in [-0.39, 0.29) is 6.10 Å². The van der Waals surface area contributed by atoms with Crippen molar-refractivity contribution in [2.75, 3.05) is 20.2 Å². The van der Waals surface area contributed by atoms with Gasteiger partial charge in [-0.3, -0.25) is 4.90 Å². The van der Waals surface area contributed by atoms with Crippen molar-refractivity contribution < 1.29 is 9.84 Å². The van der Waals surface area contributed by atoms with Gasteiger partial charge >= 0.3 is 0 Å². The number of rotatable bonds is 2. The van der Waals surface area contributed by atoms with Crippen molar-refractivity contribution in [3.63, 3.8) is 0 Å². The number of nitrogens with zero attached hydrogens (tertiary/aromatic N) is 1. The monoisotopic (exact) mass is 199 g/mol. The number of β-amino-alcohol motifs (C(OH)–C–C–N with tert-alkyl or cyclic N) is 1. The summed E-state index contributed by atoms with van der Waals surface area (Å²) in [6, 6.07) is 0.669. The van der Waals surface area contributed by atoms with E-state index in [1.165, 1.54) is 0 Å². The van der Waals surface area contributed by atoms with Crippen LogP contribution in [0.25, 0.3) is 0 Å². The van der Waals surface area contributed by atoms with Crippen molar-refractivity contribution in [3.05, 3.63) is 0 Å². The number of likely N-dealkylation sites (tertiary alicyclic amines) is 1. The third kappa shape index (κ3) is 1.95. The molecule has 0 spiro atoms. The second-order valence-corrected chi connectivity index (χ2v) is 4.81. The highest BCUT2D eigenvalue weighted by Crippen LogP contribution is 2.30. The van der Waals surface area contributed by atoms with Gasteiger partial charge in [-0.15, -0.1) is 0 Å². The summed E-state index contributed by atoms with van der Waals surface area (Å²) in [5, 5.41) is 9.77. The van der Waals surface area contributed by atoms with Crippen molar-refractivity contribution >= 4 is 0 Å². The predicted molar refractivity (Wildman–Crippen MR) is 55.2 cm³/mol. The zero-order chi connectivity index (χ0) is 10.1. The molecule has 0 aromatic heterocycles. The highest BCUT2D eigenvalue weighted by Gasteiger charge is 2.36. The van der Waals surface area contributed by atoms with Crippen molar-refractivity contribution in [1.29, 1.82) is 0 Å². The Kier molecular flexibility index (Phi) is 3.10. The molecule has 2 fully saturated rings. The Hall–Kier alpha value is -0.120. The molecule has 0 bridgehead atoms. The van der Waals surface area contributed by atoms with Gasteiger partial charge in [-0.05, 0) is 31.7 Å². The van der Waals surface area contributed by atoms with E-state index in [9.17, 15) is 5.11 Å². The SMILES string of the molecule is CO[C@H]1C[C@H](N2CC[C@H](C)[C@H](O)C2)C1. The number of ether oxygens (including phenoxy) is 1.